The molecule has 70 valence electrons. The molecule has 1 aromatic heterocycles. The summed E-state index contributed by atoms with van der Waals surface area (Å²) in [6.45, 7) is 3.44. The maximum Gasteiger partial charge on any atom is 0.258 e. The molecule has 0 spiro atoms. The average molecular weight is 180 g/mol. The first kappa shape index (κ1) is 9.51. The first-order valence-electron chi connectivity index (χ1n) is 3.99. The Labute approximate surface area is 76.7 Å². The number of amides is 1. The zero-order valence-corrected chi connectivity index (χ0v) is 7.65. The number of carbonyl (C=O) groups is 1. The van der Waals surface area contributed by atoms with Gasteiger partial charge in [-0.3, -0.25) is 4.79 Å². The van der Waals surface area contributed by atoms with E-state index in [1.165, 1.54) is 0 Å². The highest BCUT2D eigenvalue weighted by atomic mass is 16.5. The highest BCUT2D eigenvalue weighted by Crippen LogP contribution is 2.08. The SMILES string of the molecule is Cc1cccc(OC(C)C(N)=O)n1. The highest BCUT2D eigenvalue weighted by molar-refractivity contribution is 5.78. The van der Waals surface area contributed by atoms with Crippen LogP contribution in [0.25, 0.3) is 0 Å². The van der Waals surface area contributed by atoms with Crippen LogP contribution in [0.2, 0.25) is 0 Å². The van der Waals surface area contributed by atoms with E-state index in [9.17, 15) is 4.79 Å². The summed E-state index contributed by atoms with van der Waals surface area (Å²) in [5.74, 6) is -0.0744. The third-order valence-electron chi connectivity index (χ3n) is 1.56. The van der Waals surface area contributed by atoms with E-state index in [0.29, 0.717) is 5.88 Å². The van der Waals surface area contributed by atoms with E-state index < -0.39 is 12.0 Å². The molecule has 1 unspecified atom stereocenters. The van der Waals surface area contributed by atoms with Crippen LogP contribution >= 0.6 is 0 Å². The van der Waals surface area contributed by atoms with Crippen molar-refractivity contribution in [2.45, 2.75) is 20.0 Å². The van der Waals surface area contributed by atoms with Crippen molar-refractivity contribution in [3.63, 3.8) is 0 Å². The van der Waals surface area contributed by atoms with Crippen molar-refractivity contribution in [2.24, 2.45) is 5.73 Å². The van der Waals surface area contributed by atoms with Gasteiger partial charge in [0, 0.05) is 11.8 Å². The fourth-order valence-electron chi connectivity index (χ4n) is 0.823. The number of ether oxygens (including phenoxy) is 1. The summed E-state index contributed by atoms with van der Waals surface area (Å²) >= 11 is 0. The summed E-state index contributed by atoms with van der Waals surface area (Å²) in [6.07, 6.45) is -0.644. The Bertz CT molecular complexity index is 312. The monoisotopic (exact) mass is 180 g/mol. The molecule has 0 aliphatic heterocycles. The van der Waals surface area contributed by atoms with E-state index in [0.717, 1.165) is 5.69 Å². The summed E-state index contributed by atoms with van der Waals surface area (Å²) in [4.78, 5) is 14.7. The summed E-state index contributed by atoms with van der Waals surface area (Å²) < 4.78 is 5.17. The number of nitrogens with two attached hydrogens (primary N) is 1. The fourth-order valence-corrected chi connectivity index (χ4v) is 0.823. The number of carbonyl (C=O) groups excluding carboxylic acids is 1. The lowest BCUT2D eigenvalue weighted by Gasteiger charge is -2.09. The fraction of sp³-hybridized carbons (Fsp3) is 0.333. The number of primary amides is 1. The number of aromatic nitrogens is 1. The molecule has 0 bridgehead atoms. The average Bonchev–Trinajstić information content (AvgIpc) is 2.04. The Morgan fingerprint density at radius 1 is 1.62 bits per heavy atom. The summed E-state index contributed by atoms with van der Waals surface area (Å²) in [6, 6.07) is 5.35. The van der Waals surface area contributed by atoms with E-state index in [4.69, 9.17) is 10.5 Å². The molecule has 0 saturated carbocycles. The summed E-state index contributed by atoms with van der Waals surface area (Å²) in [5, 5.41) is 0. The molecule has 0 radical (unpaired) electrons. The Balaban J connectivity index is 2.69. The summed E-state index contributed by atoms with van der Waals surface area (Å²) in [7, 11) is 0. The van der Waals surface area contributed by atoms with Gasteiger partial charge in [-0.15, -0.1) is 0 Å². The molecule has 2 N–H and O–H groups in total. The topological polar surface area (TPSA) is 65.2 Å². The van der Waals surface area contributed by atoms with E-state index >= 15 is 0 Å². The van der Waals surface area contributed by atoms with Gasteiger partial charge < -0.3 is 10.5 Å². The lowest BCUT2D eigenvalue weighted by Crippen LogP contribution is -2.30. The van der Waals surface area contributed by atoms with Gasteiger partial charge in [0.1, 0.15) is 0 Å². The molecule has 1 rings (SSSR count). The van der Waals surface area contributed by atoms with Crippen molar-refractivity contribution in [3.8, 4) is 5.88 Å². The standard InChI is InChI=1S/C9H12N2O2/c1-6-4-3-5-8(11-6)13-7(2)9(10)12/h3-5,7H,1-2H3,(H2,10,12). The zero-order valence-electron chi connectivity index (χ0n) is 7.65. The molecule has 1 aromatic rings. The third-order valence-corrected chi connectivity index (χ3v) is 1.56. The molecule has 1 heterocycles. The van der Waals surface area contributed by atoms with Crippen LogP contribution in [-0.4, -0.2) is 17.0 Å². The number of rotatable bonds is 3. The zero-order chi connectivity index (χ0) is 9.84. The number of pyridine rings is 1. The predicted octanol–water partition coefficient (Wildman–Crippen LogP) is 0.643. The van der Waals surface area contributed by atoms with Gasteiger partial charge in [-0.2, -0.15) is 0 Å². The lowest BCUT2D eigenvalue weighted by molar-refractivity contribution is -0.124. The van der Waals surface area contributed by atoms with Crippen molar-refractivity contribution in [1.29, 1.82) is 0 Å². The molecule has 0 fully saturated rings. The molecule has 0 aromatic carbocycles. The Hall–Kier alpha value is -1.58. The van der Waals surface area contributed by atoms with Crippen LogP contribution in [-0.2, 0) is 4.79 Å². The van der Waals surface area contributed by atoms with Gasteiger partial charge in [-0.1, -0.05) is 6.07 Å². The van der Waals surface area contributed by atoms with Crippen LogP contribution in [0.1, 0.15) is 12.6 Å². The minimum atomic E-state index is -0.644. The van der Waals surface area contributed by atoms with Gasteiger partial charge in [0.25, 0.3) is 5.91 Å². The van der Waals surface area contributed by atoms with Gasteiger partial charge in [0.15, 0.2) is 6.10 Å². The van der Waals surface area contributed by atoms with Gasteiger partial charge in [0.05, 0.1) is 0 Å². The third kappa shape index (κ3) is 2.74. The summed E-state index contributed by atoms with van der Waals surface area (Å²) in [5.41, 5.74) is 5.87. The Kier molecular flexibility index (Phi) is 2.84. The number of nitrogens with zero attached hydrogens (tertiary/aromatic N) is 1. The van der Waals surface area contributed by atoms with E-state index in [-0.39, 0.29) is 0 Å². The molecular weight excluding hydrogens is 168 g/mol. The first-order valence-corrected chi connectivity index (χ1v) is 3.99. The molecule has 13 heavy (non-hydrogen) atoms. The quantitative estimate of drug-likeness (QED) is 0.742. The molecule has 4 heteroatoms. The second kappa shape index (κ2) is 3.89. The Morgan fingerprint density at radius 3 is 2.85 bits per heavy atom. The molecule has 0 aliphatic carbocycles. The van der Waals surface area contributed by atoms with Crippen molar-refractivity contribution in [1.82, 2.24) is 4.98 Å². The minimum Gasteiger partial charge on any atom is -0.465 e. The van der Waals surface area contributed by atoms with E-state index in [1.807, 2.05) is 19.1 Å². The maximum absolute atomic E-state index is 10.7. The second-order valence-corrected chi connectivity index (χ2v) is 2.78. The molecule has 4 nitrogen and oxygen atoms in total. The van der Waals surface area contributed by atoms with E-state index in [1.54, 1.807) is 13.0 Å². The molecular formula is C9H12N2O2. The number of hydrogen-bond acceptors (Lipinski definition) is 3. The lowest BCUT2D eigenvalue weighted by atomic mass is 10.3. The molecule has 0 aliphatic rings. The smallest absolute Gasteiger partial charge is 0.258 e. The van der Waals surface area contributed by atoms with E-state index in [2.05, 4.69) is 4.98 Å². The van der Waals surface area contributed by atoms with Crippen LogP contribution in [0.15, 0.2) is 18.2 Å². The van der Waals surface area contributed by atoms with Crippen LogP contribution in [0.4, 0.5) is 0 Å². The maximum atomic E-state index is 10.7. The van der Waals surface area contributed by atoms with Crippen LogP contribution in [0.3, 0.4) is 0 Å². The minimum absolute atomic E-state index is 0.423. The normalized spacial score (nSPS) is 12.2. The van der Waals surface area contributed by atoms with Gasteiger partial charge in [-0.25, -0.2) is 4.98 Å². The van der Waals surface area contributed by atoms with Gasteiger partial charge in [-0.05, 0) is 19.9 Å². The molecule has 0 saturated heterocycles. The molecule has 1 amide bonds. The van der Waals surface area contributed by atoms with Gasteiger partial charge in [0.2, 0.25) is 5.88 Å². The van der Waals surface area contributed by atoms with Gasteiger partial charge >= 0.3 is 0 Å². The van der Waals surface area contributed by atoms with Crippen molar-refractivity contribution in [3.05, 3.63) is 23.9 Å². The Morgan fingerprint density at radius 2 is 2.31 bits per heavy atom. The second-order valence-electron chi connectivity index (χ2n) is 2.78. The highest BCUT2D eigenvalue weighted by Gasteiger charge is 2.10. The van der Waals surface area contributed by atoms with Crippen LogP contribution < -0.4 is 10.5 Å². The predicted molar refractivity (Wildman–Crippen MR) is 48.3 cm³/mol. The van der Waals surface area contributed by atoms with Crippen LogP contribution in [0, 0.1) is 6.92 Å². The first-order chi connectivity index (χ1) is 6.09. The number of hydrogen-bond donors (Lipinski definition) is 1. The largest absolute Gasteiger partial charge is 0.465 e. The van der Waals surface area contributed by atoms with Crippen molar-refractivity contribution >= 4 is 5.91 Å². The number of aryl methyl sites for hydroxylation is 1. The van der Waals surface area contributed by atoms with Crippen LogP contribution in [0.5, 0.6) is 5.88 Å². The molecule has 1 atom stereocenters. The van der Waals surface area contributed by atoms with Crippen molar-refractivity contribution < 1.29 is 9.53 Å². The van der Waals surface area contributed by atoms with Crippen molar-refractivity contribution in [2.75, 3.05) is 0 Å².